The van der Waals surface area contributed by atoms with Crippen molar-refractivity contribution in [3.05, 3.63) is 246 Å². The van der Waals surface area contributed by atoms with Crippen LogP contribution in [0.2, 0.25) is 0 Å². The van der Waals surface area contributed by atoms with Gasteiger partial charge >= 0.3 is 0 Å². The van der Waals surface area contributed by atoms with Crippen molar-refractivity contribution in [2.75, 3.05) is 0 Å². The van der Waals surface area contributed by atoms with Gasteiger partial charge in [-0.15, -0.1) is 0 Å². The van der Waals surface area contributed by atoms with Crippen molar-refractivity contribution in [3.8, 4) is 44.5 Å². The van der Waals surface area contributed by atoms with Gasteiger partial charge in [-0.25, -0.2) is 4.99 Å². The zero-order valence-corrected chi connectivity index (χ0v) is 35.5. The summed E-state index contributed by atoms with van der Waals surface area (Å²) in [6, 6.07) is 76.7. The summed E-state index contributed by atoms with van der Waals surface area (Å²) in [5.41, 5.74) is 23.4. The maximum atomic E-state index is 6.77. The summed E-state index contributed by atoms with van der Waals surface area (Å²) in [5, 5.41) is 7.44. The van der Waals surface area contributed by atoms with Crippen molar-refractivity contribution in [2.45, 2.75) is 25.7 Å². The van der Waals surface area contributed by atoms with E-state index in [1.165, 1.54) is 88.0 Å². The molecule has 0 aromatic heterocycles. The maximum Gasteiger partial charge on any atom is 0.131 e. The van der Waals surface area contributed by atoms with E-state index >= 15 is 0 Å². The minimum absolute atomic E-state index is 0.0171. The van der Waals surface area contributed by atoms with Gasteiger partial charge in [0.25, 0.3) is 0 Å². The maximum absolute atomic E-state index is 6.77. The van der Waals surface area contributed by atoms with Crippen molar-refractivity contribution < 1.29 is 0 Å². The monoisotopic (exact) mass is 806 g/mol. The molecule has 2 nitrogen and oxygen atoms in total. The molecule has 0 fully saturated rings. The number of allylic oxidation sites excluding steroid dienone is 1. The number of amidine groups is 1. The van der Waals surface area contributed by atoms with E-state index in [0.717, 1.165) is 22.4 Å². The molecule has 0 radical (unpaired) electrons. The standard InChI is InChI=1S/C61H46N2/c1-61(2)54-27-14-13-24-49(54)53-39-47(34-36-55(53)61)46-22-15-16-40(38-46)28-37-56(63-60(62)45-20-7-4-8-21-45)42-29-31-44(32-30-42)58-51-26-12-11-25-50(51)57(43-18-5-3-6-19-43)52-35-33-41-17-9-10-23-48(41)59(52)58/h3-27,29-39H,28H2,1-2H3,(H2,62,63)/b56-37-. The Morgan fingerprint density at radius 2 is 1.06 bits per heavy atom. The van der Waals surface area contributed by atoms with Crippen molar-refractivity contribution in [1.29, 1.82) is 0 Å². The van der Waals surface area contributed by atoms with E-state index in [9.17, 15) is 0 Å². The highest BCUT2D eigenvalue weighted by molar-refractivity contribution is 6.27. The van der Waals surface area contributed by atoms with Crippen molar-refractivity contribution in [3.63, 3.8) is 0 Å². The van der Waals surface area contributed by atoms with Crippen LogP contribution in [0.25, 0.3) is 82.5 Å². The minimum Gasteiger partial charge on any atom is -0.383 e. The molecule has 2 N–H and O–H groups in total. The lowest BCUT2D eigenvalue weighted by molar-refractivity contribution is 0.660. The Morgan fingerprint density at radius 1 is 0.460 bits per heavy atom. The Balaban J connectivity index is 1.01. The Morgan fingerprint density at radius 3 is 1.86 bits per heavy atom. The molecule has 0 spiro atoms. The molecule has 2 heteroatoms. The first kappa shape index (κ1) is 38.1. The van der Waals surface area contributed by atoms with Crippen LogP contribution in [-0.2, 0) is 11.8 Å². The average Bonchev–Trinajstić information content (AvgIpc) is 3.57. The van der Waals surface area contributed by atoms with Gasteiger partial charge < -0.3 is 5.73 Å². The van der Waals surface area contributed by atoms with Gasteiger partial charge in [-0.05, 0) is 112 Å². The number of benzene rings is 10. The predicted molar refractivity (Wildman–Crippen MR) is 268 cm³/mol. The Labute approximate surface area is 369 Å². The summed E-state index contributed by atoms with van der Waals surface area (Å²) < 4.78 is 0. The van der Waals surface area contributed by atoms with Crippen molar-refractivity contribution in [2.24, 2.45) is 10.7 Å². The van der Waals surface area contributed by atoms with Gasteiger partial charge in [-0.3, -0.25) is 0 Å². The third kappa shape index (κ3) is 6.72. The van der Waals surface area contributed by atoms with Crippen LogP contribution >= 0.6 is 0 Å². The number of hydrogen-bond donors (Lipinski definition) is 1. The van der Waals surface area contributed by atoms with Crippen molar-refractivity contribution in [1.82, 2.24) is 0 Å². The molecule has 63 heavy (non-hydrogen) atoms. The summed E-state index contributed by atoms with van der Waals surface area (Å²) in [6.07, 6.45) is 2.91. The molecule has 0 saturated heterocycles. The molecule has 10 aromatic carbocycles. The van der Waals surface area contributed by atoms with Gasteiger partial charge in [0.15, 0.2) is 0 Å². The second-order valence-corrected chi connectivity index (χ2v) is 17.2. The van der Waals surface area contributed by atoms with Crippen molar-refractivity contribution >= 4 is 43.9 Å². The first-order valence-electron chi connectivity index (χ1n) is 21.9. The van der Waals surface area contributed by atoms with Crippen LogP contribution in [0.5, 0.6) is 0 Å². The summed E-state index contributed by atoms with van der Waals surface area (Å²) in [5.74, 6) is 0.487. The molecular weight excluding hydrogens is 761 g/mol. The van der Waals surface area contributed by atoms with Gasteiger partial charge in [-0.2, -0.15) is 0 Å². The molecule has 0 atom stereocenters. The zero-order chi connectivity index (χ0) is 42.5. The lowest BCUT2D eigenvalue weighted by atomic mass is 9.82. The molecule has 0 unspecified atom stereocenters. The molecule has 0 aliphatic heterocycles. The van der Waals surface area contributed by atoms with Crippen LogP contribution in [0.4, 0.5) is 0 Å². The van der Waals surface area contributed by atoms with Gasteiger partial charge in [0, 0.05) is 11.0 Å². The van der Waals surface area contributed by atoms with Gasteiger partial charge in [-0.1, -0.05) is 226 Å². The first-order valence-corrected chi connectivity index (χ1v) is 21.9. The van der Waals surface area contributed by atoms with E-state index in [-0.39, 0.29) is 5.41 Å². The van der Waals surface area contributed by atoms with E-state index in [0.29, 0.717) is 12.3 Å². The smallest absolute Gasteiger partial charge is 0.131 e. The highest BCUT2D eigenvalue weighted by Gasteiger charge is 2.35. The summed E-state index contributed by atoms with van der Waals surface area (Å²) >= 11 is 0. The number of nitrogens with two attached hydrogens (primary N) is 1. The largest absolute Gasteiger partial charge is 0.383 e. The Kier molecular flexibility index (Phi) is 9.43. The van der Waals surface area contributed by atoms with Gasteiger partial charge in [0.1, 0.15) is 5.84 Å². The fraction of sp³-hybridized carbons (Fsp3) is 0.0656. The molecule has 0 heterocycles. The highest BCUT2D eigenvalue weighted by Crippen LogP contribution is 2.50. The molecule has 300 valence electrons. The van der Waals surface area contributed by atoms with Crippen LogP contribution in [0.3, 0.4) is 0 Å². The fourth-order valence-corrected chi connectivity index (χ4v) is 9.99. The fourth-order valence-electron chi connectivity index (χ4n) is 9.99. The summed E-state index contributed by atoms with van der Waals surface area (Å²) in [7, 11) is 0. The molecule has 0 amide bonds. The van der Waals surface area contributed by atoms with Gasteiger partial charge in [0.2, 0.25) is 0 Å². The number of aliphatic imine (C=N–C) groups is 1. The third-order valence-corrected chi connectivity index (χ3v) is 13.1. The van der Waals surface area contributed by atoms with Crippen LogP contribution in [0, 0.1) is 0 Å². The normalized spacial score (nSPS) is 13.4. The quantitative estimate of drug-likeness (QED) is 0.0706. The zero-order valence-electron chi connectivity index (χ0n) is 35.5. The summed E-state index contributed by atoms with van der Waals surface area (Å²) in [4.78, 5) is 5.13. The van der Waals surface area contributed by atoms with E-state index in [4.69, 9.17) is 10.7 Å². The van der Waals surface area contributed by atoms with Crippen LogP contribution < -0.4 is 5.73 Å². The third-order valence-electron chi connectivity index (χ3n) is 13.1. The number of rotatable bonds is 8. The molecule has 0 bridgehead atoms. The summed E-state index contributed by atoms with van der Waals surface area (Å²) in [6.45, 7) is 4.66. The molecule has 11 rings (SSSR count). The molecular formula is C61H46N2. The van der Waals surface area contributed by atoms with Gasteiger partial charge in [0.05, 0.1) is 5.70 Å². The second-order valence-electron chi connectivity index (χ2n) is 17.2. The minimum atomic E-state index is -0.0171. The SMILES string of the molecule is CC1(C)c2ccccc2-c2cc(-c3cccc(C/C=C(\N=C(N)c4ccccc4)c4ccc(-c5c6ccccc6c(-c6ccccc6)c6ccc7ccccc7c56)cc4)c3)ccc21. The highest BCUT2D eigenvalue weighted by atomic mass is 14.9. The van der Waals surface area contributed by atoms with E-state index in [1.54, 1.807) is 0 Å². The Hall–Kier alpha value is -7.81. The lowest BCUT2D eigenvalue weighted by Crippen LogP contribution is -2.14. The van der Waals surface area contributed by atoms with Crippen LogP contribution in [-0.4, -0.2) is 5.84 Å². The van der Waals surface area contributed by atoms with E-state index in [1.807, 2.05) is 30.3 Å². The number of nitrogens with zero attached hydrogens (tertiary/aromatic N) is 1. The van der Waals surface area contributed by atoms with E-state index < -0.39 is 0 Å². The second kappa shape index (κ2) is 15.6. The average molecular weight is 807 g/mol. The molecule has 1 aliphatic carbocycles. The predicted octanol–water partition coefficient (Wildman–Crippen LogP) is 15.4. The first-order chi connectivity index (χ1) is 30.9. The van der Waals surface area contributed by atoms with E-state index in [2.05, 4.69) is 202 Å². The molecule has 1 aliphatic rings. The lowest BCUT2D eigenvalue weighted by Gasteiger charge is -2.21. The number of fused-ring (bicyclic) bond motifs is 7. The number of hydrogen-bond acceptors (Lipinski definition) is 1. The Bertz CT molecular complexity index is 3430. The van der Waals surface area contributed by atoms with Crippen LogP contribution in [0.1, 0.15) is 41.7 Å². The topological polar surface area (TPSA) is 38.4 Å². The molecule has 10 aromatic rings. The molecule has 0 saturated carbocycles. The van der Waals surface area contributed by atoms with Crippen LogP contribution in [0.15, 0.2) is 223 Å².